The Hall–Kier alpha value is -1.81. The monoisotopic (exact) mass is 271 g/mol. The second kappa shape index (κ2) is 5.45. The van der Waals surface area contributed by atoms with Crippen LogP contribution >= 0.6 is 11.3 Å². The molecular formula is C15H15N2OS. The van der Waals surface area contributed by atoms with Crippen molar-refractivity contribution in [3.05, 3.63) is 53.1 Å². The van der Waals surface area contributed by atoms with Gasteiger partial charge in [-0.1, -0.05) is 31.5 Å². The molecular weight excluding hydrogens is 256 g/mol. The topological polar surface area (TPSA) is 25.4 Å². The molecule has 0 saturated heterocycles. The first-order chi connectivity index (χ1) is 9.38. The quantitative estimate of drug-likeness (QED) is 0.843. The Morgan fingerprint density at radius 3 is 2.89 bits per heavy atom. The van der Waals surface area contributed by atoms with Gasteiger partial charge in [0.15, 0.2) is 12.0 Å². The van der Waals surface area contributed by atoms with Gasteiger partial charge in [0.25, 0.3) is 0 Å². The maximum atomic E-state index is 6.02. The summed E-state index contributed by atoms with van der Waals surface area (Å²) in [7, 11) is 0. The fourth-order valence-corrected chi connectivity index (χ4v) is 2.65. The number of aromatic nitrogens is 1. The van der Waals surface area contributed by atoms with Crippen LogP contribution in [0.2, 0.25) is 0 Å². The molecule has 1 radical (unpaired) electrons. The molecule has 0 N–H and O–H groups in total. The molecule has 1 aromatic carbocycles. The summed E-state index contributed by atoms with van der Waals surface area (Å²) in [5.41, 5.74) is 2.92. The highest BCUT2D eigenvalue weighted by Crippen LogP contribution is 2.33. The van der Waals surface area contributed by atoms with Crippen LogP contribution in [0.4, 0.5) is 5.69 Å². The van der Waals surface area contributed by atoms with E-state index in [0.717, 1.165) is 29.2 Å². The number of rotatable bonds is 4. The van der Waals surface area contributed by atoms with E-state index in [2.05, 4.69) is 35.1 Å². The molecule has 4 heteroatoms. The van der Waals surface area contributed by atoms with Crippen molar-refractivity contribution < 1.29 is 4.74 Å². The molecule has 0 bridgehead atoms. The lowest BCUT2D eigenvalue weighted by Gasteiger charge is -2.23. The van der Waals surface area contributed by atoms with Gasteiger partial charge in [-0.25, -0.2) is 0 Å². The highest BCUT2D eigenvalue weighted by atomic mass is 32.1. The van der Waals surface area contributed by atoms with Crippen molar-refractivity contribution in [3.8, 4) is 0 Å². The Labute approximate surface area is 117 Å². The van der Waals surface area contributed by atoms with Gasteiger partial charge in [0.2, 0.25) is 0 Å². The summed E-state index contributed by atoms with van der Waals surface area (Å²) in [6.07, 6.45) is 7.25. The smallest absolute Gasteiger partial charge is 0.176 e. The van der Waals surface area contributed by atoms with Crippen LogP contribution in [-0.2, 0) is 4.74 Å². The van der Waals surface area contributed by atoms with Crippen molar-refractivity contribution in [2.75, 3.05) is 4.90 Å². The van der Waals surface area contributed by atoms with Crippen molar-refractivity contribution in [3.63, 3.8) is 0 Å². The lowest BCUT2D eigenvalue weighted by molar-refractivity contribution is 0.181. The predicted molar refractivity (Wildman–Crippen MR) is 77.5 cm³/mol. The van der Waals surface area contributed by atoms with E-state index in [1.54, 1.807) is 11.3 Å². The van der Waals surface area contributed by atoms with Gasteiger partial charge in [-0.05, 0) is 12.1 Å². The maximum absolute atomic E-state index is 6.02. The average molecular weight is 271 g/mol. The number of hydrogen-bond donors (Lipinski definition) is 0. The van der Waals surface area contributed by atoms with E-state index in [4.69, 9.17) is 4.74 Å². The summed E-state index contributed by atoms with van der Waals surface area (Å²) in [5, 5.41) is 0. The summed E-state index contributed by atoms with van der Waals surface area (Å²) < 4.78 is 6.02. The van der Waals surface area contributed by atoms with Crippen LogP contribution in [0, 0.1) is 6.20 Å². The van der Waals surface area contributed by atoms with Crippen molar-refractivity contribution in [2.24, 2.45) is 0 Å². The third-order valence-corrected chi connectivity index (χ3v) is 3.76. The highest BCUT2D eigenvalue weighted by molar-refractivity contribution is 7.10. The minimum absolute atomic E-state index is 0.0319. The van der Waals surface area contributed by atoms with Crippen LogP contribution in [0.1, 0.15) is 24.6 Å². The van der Waals surface area contributed by atoms with Gasteiger partial charge in [-0.2, -0.15) is 0 Å². The van der Waals surface area contributed by atoms with E-state index in [-0.39, 0.29) is 6.23 Å². The normalized spacial score (nSPS) is 18.3. The number of nitrogens with zero attached hydrogens (tertiary/aromatic N) is 2. The Balaban J connectivity index is 1.90. The number of thiazole rings is 1. The standard InChI is InChI=1S/C15H15N2OS/c1-2-6-15-17(12-7-4-3-5-8-12)10-13(18-15)14-9-16-11-19-14/h3-5,7-9,11,15H,2,6H2,1H3. The first-order valence-corrected chi connectivity index (χ1v) is 7.30. The Morgan fingerprint density at radius 2 is 2.21 bits per heavy atom. The highest BCUT2D eigenvalue weighted by Gasteiger charge is 2.28. The van der Waals surface area contributed by atoms with Gasteiger partial charge < -0.3 is 9.64 Å². The van der Waals surface area contributed by atoms with Crippen LogP contribution < -0.4 is 4.90 Å². The van der Waals surface area contributed by atoms with Crippen molar-refractivity contribution in [1.82, 2.24) is 4.98 Å². The number of para-hydroxylation sites is 1. The molecule has 0 aliphatic carbocycles. The van der Waals surface area contributed by atoms with E-state index < -0.39 is 0 Å². The van der Waals surface area contributed by atoms with Gasteiger partial charge in [-0.15, -0.1) is 11.3 Å². The number of hydrogen-bond acceptors (Lipinski definition) is 4. The van der Waals surface area contributed by atoms with Crippen molar-refractivity contribution in [1.29, 1.82) is 0 Å². The van der Waals surface area contributed by atoms with Crippen LogP contribution in [0.25, 0.3) is 5.76 Å². The fourth-order valence-electron chi connectivity index (χ4n) is 2.09. The average Bonchev–Trinajstić information content (AvgIpc) is 3.08. The van der Waals surface area contributed by atoms with Gasteiger partial charge in [0, 0.05) is 18.3 Å². The number of ether oxygens (including phenoxy) is 1. The predicted octanol–water partition coefficient (Wildman–Crippen LogP) is 3.91. The molecule has 97 valence electrons. The summed E-state index contributed by atoms with van der Waals surface area (Å²) in [6, 6.07) is 10.2. The van der Waals surface area contributed by atoms with Gasteiger partial charge in [-0.3, -0.25) is 4.98 Å². The molecule has 1 aliphatic rings. The molecule has 1 aliphatic heterocycles. The zero-order valence-electron chi connectivity index (χ0n) is 10.7. The third kappa shape index (κ3) is 2.49. The number of benzene rings is 1. The Kier molecular flexibility index (Phi) is 3.51. The first-order valence-electron chi connectivity index (χ1n) is 6.42. The van der Waals surface area contributed by atoms with E-state index in [1.165, 1.54) is 0 Å². The maximum Gasteiger partial charge on any atom is 0.176 e. The zero-order chi connectivity index (χ0) is 13.1. The number of anilines is 1. The molecule has 0 fully saturated rings. The van der Waals surface area contributed by atoms with Crippen LogP contribution in [0.3, 0.4) is 0 Å². The molecule has 0 amide bonds. The Morgan fingerprint density at radius 1 is 1.37 bits per heavy atom. The van der Waals surface area contributed by atoms with E-state index in [0.29, 0.717) is 0 Å². The second-order valence-electron chi connectivity index (χ2n) is 4.37. The summed E-state index contributed by atoms with van der Waals surface area (Å²) in [6.45, 7) is 2.16. The van der Waals surface area contributed by atoms with E-state index >= 15 is 0 Å². The van der Waals surface area contributed by atoms with Crippen LogP contribution in [-0.4, -0.2) is 11.2 Å². The molecule has 0 saturated carbocycles. The van der Waals surface area contributed by atoms with Gasteiger partial charge >= 0.3 is 0 Å². The first kappa shape index (κ1) is 12.2. The molecule has 2 heterocycles. The molecule has 3 nitrogen and oxygen atoms in total. The largest absolute Gasteiger partial charge is 0.466 e. The molecule has 19 heavy (non-hydrogen) atoms. The minimum Gasteiger partial charge on any atom is -0.466 e. The molecule has 1 unspecified atom stereocenters. The summed E-state index contributed by atoms with van der Waals surface area (Å²) in [5.74, 6) is 0.796. The van der Waals surface area contributed by atoms with Crippen LogP contribution in [0.5, 0.6) is 0 Å². The minimum atomic E-state index is 0.0319. The van der Waals surface area contributed by atoms with Crippen molar-refractivity contribution >= 4 is 22.8 Å². The van der Waals surface area contributed by atoms with Crippen molar-refractivity contribution in [2.45, 2.75) is 26.0 Å². The summed E-state index contributed by atoms with van der Waals surface area (Å²) in [4.78, 5) is 7.20. The molecule has 3 rings (SSSR count). The van der Waals surface area contributed by atoms with E-state index in [1.807, 2.05) is 29.9 Å². The fraction of sp³-hybridized carbons (Fsp3) is 0.267. The molecule has 2 aromatic rings. The zero-order valence-corrected chi connectivity index (χ0v) is 11.6. The molecule has 0 spiro atoms. The Bertz CT molecular complexity index is 551. The van der Waals surface area contributed by atoms with Gasteiger partial charge in [0.1, 0.15) is 6.20 Å². The van der Waals surface area contributed by atoms with E-state index in [9.17, 15) is 0 Å². The summed E-state index contributed by atoms with van der Waals surface area (Å²) >= 11 is 1.58. The van der Waals surface area contributed by atoms with Gasteiger partial charge in [0.05, 0.1) is 10.4 Å². The second-order valence-corrected chi connectivity index (χ2v) is 5.26. The molecule has 1 atom stereocenters. The lowest BCUT2D eigenvalue weighted by Crippen LogP contribution is -2.27. The lowest BCUT2D eigenvalue weighted by atomic mass is 10.2. The third-order valence-electron chi connectivity index (χ3n) is 2.99. The molecule has 1 aromatic heterocycles. The van der Waals surface area contributed by atoms with Crippen LogP contribution in [0.15, 0.2) is 42.0 Å². The SMILES string of the molecule is CCCC1OC(c2cncs2)=[C]N1c1ccccc1.